The average molecular weight is 352 g/mol. The van der Waals surface area contributed by atoms with Crippen LogP contribution in [-0.2, 0) is 4.79 Å². The van der Waals surface area contributed by atoms with Crippen LogP contribution in [0.5, 0.6) is 0 Å². The molecule has 4 aliphatic carbocycles. The van der Waals surface area contributed by atoms with Crippen LogP contribution in [0, 0.1) is 39.9 Å². The highest BCUT2D eigenvalue weighted by Gasteiger charge is 2.77. The van der Waals surface area contributed by atoms with Gasteiger partial charge in [-0.3, -0.25) is 4.79 Å². The minimum Gasteiger partial charge on any atom is -0.393 e. The van der Waals surface area contributed by atoms with Gasteiger partial charge in [0.25, 0.3) is 0 Å². The number of carbonyl (C=O) groups is 1. The van der Waals surface area contributed by atoms with Gasteiger partial charge >= 0.3 is 0 Å². The van der Waals surface area contributed by atoms with Crippen LogP contribution in [0.3, 0.4) is 0 Å². The molecule has 0 saturated heterocycles. The molecule has 10 atom stereocenters. The fourth-order valence-electron chi connectivity index (χ4n) is 7.75. The molecule has 0 heterocycles. The molecule has 0 aromatic carbocycles. The summed E-state index contributed by atoms with van der Waals surface area (Å²) in [6, 6.07) is 0. The molecule has 4 N–H and O–H groups in total. The van der Waals surface area contributed by atoms with E-state index in [0.717, 1.165) is 6.42 Å². The molecule has 4 fully saturated rings. The lowest BCUT2D eigenvalue weighted by Gasteiger charge is -2.67. The Morgan fingerprint density at radius 1 is 1.00 bits per heavy atom. The largest absolute Gasteiger partial charge is 0.393 e. The van der Waals surface area contributed by atoms with E-state index in [1.807, 2.05) is 13.8 Å². The van der Waals surface area contributed by atoms with Gasteiger partial charge in [-0.1, -0.05) is 27.7 Å². The number of fused-ring (bicyclic) bond motifs is 3. The van der Waals surface area contributed by atoms with E-state index in [0.29, 0.717) is 19.3 Å². The van der Waals surface area contributed by atoms with Crippen molar-refractivity contribution in [3.8, 4) is 0 Å². The Bertz CT molecular complexity index is 603. The maximum Gasteiger partial charge on any atom is 0.147 e. The second-order valence-corrected chi connectivity index (χ2v) is 10.2. The lowest BCUT2D eigenvalue weighted by Crippen LogP contribution is -2.72. The lowest BCUT2D eigenvalue weighted by molar-refractivity contribution is -0.274. The maximum absolute atomic E-state index is 13.3. The third kappa shape index (κ3) is 1.81. The minimum atomic E-state index is -1.33. The van der Waals surface area contributed by atoms with E-state index in [2.05, 4.69) is 13.8 Å². The Morgan fingerprint density at radius 3 is 2.28 bits per heavy atom. The summed E-state index contributed by atoms with van der Waals surface area (Å²) in [6.07, 6.45) is -1.09. The molecular weight excluding hydrogens is 320 g/mol. The normalized spacial score (nSPS) is 60.1. The van der Waals surface area contributed by atoms with Gasteiger partial charge in [0.1, 0.15) is 5.78 Å². The molecular formula is C20H32O5. The SMILES string of the molecule is CC1C(=O)[C@@]23C([C@@H](O)C[C@@H]1[C@H]2O)[C@]1(C)[C@H](O)CCC(C)(C)[C@H]1C[C@H]3O. The number of Topliss-reactive ketones (excluding diaryl/α,β-unsaturated/α-hetero) is 1. The highest BCUT2D eigenvalue weighted by atomic mass is 16.3. The summed E-state index contributed by atoms with van der Waals surface area (Å²) in [4.78, 5) is 13.3. The van der Waals surface area contributed by atoms with E-state index >= 15 is 0 Å². The van der Waals surface area contributed by atoms with Gasteiger partial charge in [-0.15, -0.1) is 0 Å². The zero-order valence-corrected chi connectivity index (χ0v) is 15.6. The minimum absolute atomic E-state index is 0.00326. The Balaban J connectivity index is 1.94. The number of aliphatic hydroxyl groups excluding tert-OH is 4. The van der Waals surface area contributed by atoms with Gasteiger partial charge in [0.15, 0.2) is 0 Å². The van der Waals surface area contributed by atoms with E-state index < -0.39 is 41.2 Å². The van der Waals surface area contributed by atoms with Crippen molar-refractivity contribution >= 4 is 5.78 Å². The second-order valence-electron chi connectivity index (χ2n) is 10.2. The molecule has 2 bridgehead atoms. The summed E-state index contributed by atoms with van der Waals surface area (Å²) in [7, 11) is 0. The highest BCUT2D eigenvalue weighted by Crippen LogP contribution is 2.71. The number of ketones is 1. The van der Waals surface area contributed by atoms with E-state index in [4.69, 9.17) is 0 Å². The third-order valence-corrected chi connectivity index (χ3v) is 8.95. The molecule has 142 valence electrons. The summed E-state index contributed by atoms with van der Waals surface area (Å²) >= 11 is 0. The van der Waals surface area contributed by atoms with Crippen LogP contribution in [0.1, 0.15) is 53.4 Å². The molecule has 4 rings (SSSR count). The topological polar surface area (TPSA) is 98.0 Å². The highest BCUT2D eigenvalue weighted by molar-refractivity contribution is 5.92. The Morgan fingerprint density at radius 2 is 1.64 bits per heavy atom. The second kappa shape index (κ2) is 5.06. The van der Waals surface area contributed by atoms with Crippen molar-refractivity contribution in [3.63, 3.8) is 0 Å². The first kappa shape index (κ1) is 17.9. The Labute approximate surface area is 149 Å². The van der Waals surface area contributed by atoms with Crippen molar-refractivity contribution < 1.29 is 25.2 Å². The average Bonchev–Trinajstić information content (AvgIpc) is 2.65. The predicted molar refractivity (Wildman–Crippen MR) is 91.5 cm³/mol. The van der Waals surface area contributed by atoms with Gasteiger partial charge in [-0.25, -0.2) is 0 Å². The van der Waals surface area contributed by atoms with Crippen molar-refractivity contribution in [2.45, 2.75) is 77.8 Å². The fourth-order valence-corrected chi connectivity index (χ4v) is 7.75. The Kier molecular flexibility index (Phi) is 3.62. The summed E-state index contributed by atoms with van der Waals surface area (Å²) < 4.78 is 0. The molecule has 4 aliphatic rings. The van der Waals surface area contributed by atoms with Gasteiger partial charge in [0, 0.05) is 17.3 Å². The molecule has 25 heavy (non-hydrogen) atoms. The van der Waals surface area contributed by atoms with Crippen LogP contribution < -0.4 is 0 Å². The van der Waals surface area contributed by atoms with Crippen molar-refractivity contribution in [2.24, 2.45) is 39.9 Å². The summed E-state index contributed by atoms with van der Waals surface area (Å²) in [6.45, 7) is 8.09. The summed E-state index contributed by atoms with van der Waals surface area (Å²) in [5.41, 5.74) is -2.11. The van der Waals surface area contributed by atoms with Crippen LogP contribution in [0.4, 0.5) is 0 Å². The van der Waals surface area contributed by atoms with Gasteiger partial charge in [-0.2, -0.15) is 0 Å². The van der Waals surface area contributed by atoms with Crippen LogP contribution in [-0.4, -0.2) is 50.6 Å². The van der Waals surface area contributed by atoms with Crippen molar-refractivity contribution in [1.82, 2.24) is 0 Å². The molecule has 0 radical (unpaired) electrons. The fraction of sp³-hybridized carbons (Fsp3) is 0.950. The monoisotopic (exact) mass is 352 g/mol. The van der Waals surface area contributed by atoms with E-state index in [1.54, 1.807) is 0 Å². The van der Waals surface area contributed by atoms with E-state index in [-0.39, 0.29) is 29.0 Å². The first-order valence-corrected chi connectivity index (χ1v) is 9.77. The standard InChI is InChI=1S/C20H32O5/c1-9-10-7-11(21)15-19(4)12(18(2,3)6-5-13(19)22)8-14(23)20(15,16(9)24)17(10)25/h9-15,17,21-23,25H,5-8H2,1-4H3/t9?,10-,11-,12+,13+,14+,15?,17+,19-,20+/m0/s1. The predicted octanol–water partition coefficient (Wildman–Crippen LogP) is 1.12. The first-order valence-electron chi connectivity index (χ1n) is 9.77. The summed E-state index contributed by atoms with van der Waals surface area (Å²) in [5.74, 6) is -1.39. The van der Waals surface area contributed by atoms with Gasteiger partial charge in [-0.05, 0) is 42.9 Å². The zero-order chi connectivity index (χ0) is 18.5. The van der Waals surface area contributed by atoms with Crippen molar-refractivity contribution in [1.29, 1.82) is 0 Å². The van der Waals surface area contributed by atoms with Crippen LogP contribution in [0.15, 0.2) is 0 Å². The molecule has 2 unspecified atom stereocenters. The quantitative estimate of drug-likeness (QED) is 0.524. The number of aliphatic hydroxyl groups is 4. The molecule has 5 nitrogen and oxygen atoms in total. The lowest BCUT2D eigenvalue weighted by atomic mass is 9.38. The van der Waals surface area contributed by atoms with Crippen LogP contribution in [0.2, 0.25) is 0 Å². The Hall–Kier alpha value is -0.490. The molecule has 0 aromatic heterocycles. The van der Waals surface area contributed by atoms with Gasteiger partial charge in [0.2, 0.25) is 0 Å². The molecule has 1 spiro atoms. The third-order valence-electron chi connectivity index (χ3n) is 8.95. The van der Waals surface area contributed by atoms with E-state index in [1.165, 1.54) is 0 Å². The number of carbonyl (C=O) groups excluding carboxylic acids is 1. The number of hydrogen-bond donors (Lipinski definition) is 4. The molecule has 5 heteroatoms. The van der Waals surface area contributed by atoms with Gasteiger partial charge in [0.05, 0.1) is 29.8 Å². The zero-order valence-electron chi connectivity index (χ0n) is 15.6. The first-order chi connectivity index (χ1) is 11.5. The number of hydrogen-bond acceptors (Lipinski definition) is 5. The van der Waals surface area contributed by atoms with Crippen molar-refractivity contribution in [3.05, 3.63) is 0 Å². The maximum atomic E-state index is 13.3. The van der Waals surface area contributed by atoms with E-state index in [9.17, 15) is 25.2 Å². The summed E-state index contributed by atoms with van der Waals surface area (Å²) in [5, 5.41) is 44.3. The molecule has 4 saturated carbocycles. The molecule has 0 aromatic rings. The smallest absolute Gasteiger partial charge is 0.147 e. The number of rotatable bonds is 0. The van der Waals surface area contributed by atoms with Crippen LogP contribution >= 0.6 is 0 Å². The van der Waals surface area contributed by atoms with Crippen molar-refractivity contribution in [2.75, 3.05) is 0 Å². The molecule has 0 amide bonds. The molecule has 0 aliphatic heterocycles. The van der Waals surface area contributed by atoms with Crippen LogP contribution in [0.25, 0.3) is 0 Å². The van der Waals surface area contributed by atoms with Gasteiger partial charge < -0.3 is 20.4 Å².